The van der Waals surface area contributed by atoms with Crippen LogP contribution in [0.5, 0.6) is 0 Å². The van der Waals surface area contributed by atoms with Crippen molar-refractivity contribution in [2.45, 2.75) is 48.4 Å². The van der Waals surface area contributed by atoms with E-state index in [4.69, 9.17) is 17.3 Å². The third-order valence-corrected chi connectivity index (χ3v) is 5.41. The van der Waals surface area contributed by atoms with Gasteiger partial charge in [0.2, 0.25) is 0 Å². The highest BCUT2D eigenvalue weighted by Crippen LogP contribution is 2.37. The first-order valence-corrected chi connectivity index (χ1v) is 8.64. The number of halogens is 1. The van der Waals surface area contributed by atoms with Crippen LogP contribution in [0.25, 0.3) is 0 Å². The van der Waals surface area contributed by atoms with Crippen molar-refractivity contribution in [1.82, 2.24) is 9.36 Å². The predicted molar refractivity (Wildman–Crippen MR) is 86.8 cm³/mol. The number of nitrogens with zero attached hydrogens (tertiary/aromatic N) is 2. The lowest BCUT2D eigenvalue weighted by Gasteiger charge is -2.13. The summed E-state index contributed by atoms with van der Waals surface area (Å²) in [7, 11) is 0. The topological polar surface area (TPSA) is 51.8 Å². The van der Waals surface area contributed by atoms with E-state index in [0.29, 0.717) is 0 Å². The van der Waals surface area contributed by atoms with Crippen molar-refractivity contribution in [3.05, 3.63) is 34.6 Å². The second-order valence-electron chi connectivity index (χ2n) is 4.53. The highest BCUT2D eigenvalue weighted by Gasteiger charge is 2.13. The summed E-state index contributed by atoms with van der Waals surface area (Å²) in [6.45, 7) is 4.15. The molecule has 0 saturated heterocycles. The molecule has 1 atom stereocenters. The van der Waals surface area contributed by atoms with Crippen LogP contribution < -0.4 is 5.73 Å². The van der Waals surface area contributed by atoms with Gasteiger partial charge in [-0.05, 0) is 36.0 Å². The number of hydrogen-bond donors (Lipinski definition) is 1. The van der Waals surface area contributed by atoms with Crippen LogP contribution in [0.3, 0.4) is 0 Å². The fourth-order valence-corrected chi connectivity index (χ4v) is 3.86. The smallest absolute Gasteiger partial charge is 0.174 e. The first-order valence-electron chi connectivity index (χ1n) is 6.67. The van der Waals surface area contributed by atoms with Gasteiger partial charge in [0.1, 0.15) is 5.82 Å². The van der Waals surface area contributed by atoms with E-state index in [1.165, 1.54) is 17.1 Å². The normalized spacial score (nSPS) is 12.6. The Morgan fingerprint density at radius 1 is 1.40 bits per heavy atom. The van der Waals surface area contributed by atoms with Gasteiger partial charge < -0.3 is 5.73 Å². The van der Waals surface area contributed by atoms with Gasteiger partial charge in [-0.2, -0.15) is 4.37 Å². The zero-order chi connectivity index (χ0) is 14.5. The van der Waals surface area contributed by atoms with Gasteiger partial charge in [-0.1, -0.05) is 49.3 Å². The minimum atomic E-state index is 0.161. The lowest BCUT2D eigenvalue weighted by molar-refractivity contribution is 0.641. The molecule has 2 aromatic rings. The maximum Gasteiger partial charge on any atom is 0.174 e. The second-order valence-corrected chi connectivity index (χ2v) is 6.95. The van der Waals surface area contributed by atoms with Crippen molar-refractivity contribution in [2.24, 2.45) is 5.73 Å². The van der Waals surface area contributed by atoms with E-state index in [1.54, 1.807) is 11.8 Å². The lowest BCUT2D eigenvalue weighted by atomic mass is 10.0. The number of rotatable bonds is 6. The van der Waals surface area contributed by atoms with Crippen molar-refractivity contribution in [3.63, 3.8) is 0 Å². The molecule has 0 aliphatic heterocycles. The third kappa shape index (κ3) is 3.95. The van der Waals surface area contributed by atoms with E-state index < -0.39 is 0 Å². The molecule has 0 bridgehead atoms. The molecule has 1 aromatic carbocycles. The number of aryl methyl sites for hydroxylation is 1. The molecule has 0 saturated carbocycles. The van der Waals surface area contributed by atoms with Crippen molar-refractivity contribution < 1.29 is 0 Å². The van der Waals surface area contributed by atoms with Gasteiger partial charge >= 0.3 is 0 Å². The summed E-state index contributed by atoms with van der Waals surface area (Å²) in [5.41, 5.74) is 7.25. The van der Waals surface area contributed by atoms with Gasteiger partial charge in [0.05, 0.1) is 5.02 Å². The molecule has 0 spiro atoms. The molecule has 20 heavy (non-hydrogen) atoms. The molecule has 0 aliphatic carbocycles. The van der Waals surface area contributed by atoms with Gasteiger partial charge in [-0.3, -0.25) is 0 Å². The Morgan fingerprint density at radius 2 is 2.20 bits per heavy atom. The van der Waals surface area contributed by atoms with E-state index >= 15 is 0 Å². The van der Waals surface area contributed by atoms with E-state index in [0.717, 1.165) is 39.3 Å². The molecule has 108 valence electrons. The standard InChI is InChI=1S/C14H18ClN3S2/c1-3-10(16)8-9-6-5-7-11(15)13(9)19-14-17-12(4-2)18-20-14/h5-7,10H,3-4,8,16H2,1-2H3. The molecule has 2 N–H and O–H groups in total. The summed E-state index contributed by atoms with van der Waals surface area (Å²) < 4.78 is 5.24. The minimum Gasteiger partial charge on any atom is -0.327 e. The van der Waals surface area contributed by atoms with Gasteiger partial charge in [0, 0.05) is 17.4 Å². The van der Waals surface area contributed by atoms with Gasteiger partial charge in [-0.15, -0.1) is 0 Å². The third-order valence-electron chi connectivity index (χ3n) is 3.01. The molecule has 1 heterocycles. The maximum atomic E-state index is 6.34. The van der Waals surface area contributed by atoms with Crippen LogP contribution in [0.2, 0.25) is 5.02 Å². The average Bonchev–Trinajstić information content (AvgIpc) is 2.90. The average molecular weight is 328 g/mol. The zero-order valence-electron chi connectivity index (χ0n) is 11.6. The van der Waals surface area contributed by atoms with Crippen molar-refractivity contribution in [2.75, 3.05) is 0 Å². The molecular weight excluding hydrogens is 310 g/mol. The SMILES string of the molecule is CCc1nsc(Sc2c(Cl)cccc2CC(N)CC)n1. The molecule has 2 rings (SSSR count). The molecule has 6 heteroatoms. The second kappa shape index (κ2) is 7.41. The van der Waals surface area contributed by atoms with Crippen LogP contribution in [0.15, 0.2) is 27.4 Å². The highest BCUT2D eigenvalue weighted by molar-refractivity contribution is 8.01. The van der Waals surface area contributed by atoms with Crippen molar-refractivity contribution in [1.29, 1.82) is 0 Å². The van der Waals surface area contributed by atoms with Gasteiger partial charge in [-0.25, -0.2) is 4.98 Å². The Hall–Kier alpha value is -0.620. The van der Waals surface area contributed by atoms with Gasteiger partial charge in [0.25, 0.3) is 0 Å². The largest absolute Gasteiger partial charge is 0.327 e. The van der Waals surface area contributed by atoms with Gasteiger partial charge in [0.15, 0.2) is 4.34 Å². The molecule has 0 radical (unpaired) electrons. The summed E-state index contributed by atoms with van der Waals surface area (Å²) >= 11 is 9.35. The van der Waals surface area contributed by atoms with Crippen molar-refractivity contribution >= 4 is 34.9 Å². The highest BCUT2D eigenvalue weighted by atomic mass is 35.5. The van der Waals surface area contributed by atoms with Crippen LogP contribution in [0.1, 0.15) is 31.7 Å². The molecule has 0 amide bonds. The van der Waals surface area contributed by atoms with E-state index in [2.05, 4.69) is 29.3 Å². The number of hydrogen-bond acceptors (Lipinski definition) is 5. The number of nitrogens with two attached hydrogens (primary N) is 1. The Morgan fingerprint density at radius 3 is 2.85 bits per heavy atom. The van der Waals surface area contributed by atoms with Crippen LogP contribution in [-0.2, 0) is 12.8 Å². The van der Waals surface area contributed by atoms with E-state index in [-0.39, 0.29) is 6.04 Å². The summed E-state index contributed by atoms with van der Waals surface area (Å²) in [6.07, 6.45) is 2.64. The maximum absolute atomic E-state index is 6.34. The summed E-state index contributed by atoms with van der Waals surface area (Å²) in [4.78, 5) is 5.54. The fourth-order valence-electron chi connectivity index (χ4n) is 1.77. The summed E-state index contributed by atoms with van der Waals surface area (Å²) in [5, 5.41) is 0.754. The van der Waals surface area contributed by atoms with Crippen molar-refractivity contribution in [3.8, 4) is 0 Å². The van der Waals surface area contributed by atoms with Crippen LogP contribution in [0.4, 0.5) is 0 Å². The van der Waals surface area contributed by atoms with Crippen LogP contribution >= 0.6 is 34.9 Å². The monoisotopic (exact) mass is 327 g/mol. The molecule has 1 aromatic heterocycles. The number of aromatic nitrogens is 2. The van der Waals surface area contributed by atoms with Crippen LogP contribution in [-0.4, -0.2) is 15.4 Å². The molecule has 3 nitrogen and oxygen atoms in total. The Bertz CT molecular complexity index is 571. The number of benzene rings is 1. The molecule has 1 unspecified atom stereocenters. The predicted octanol–water partition coefficient (Wildman–Crippen LogP) is 4.18. The van der Waals surface area contributed by atoms with Crippen LogP contribution in [0, 0.1) is 0 Å². The van der Waals surface area contributed by atoms with E-state index in [1.807, 2.05) is 12.1 Å². The molecular formula is C14H18ClN3S2. The molecule has 0 aliphatic rings. The Labute approximate surface area is 133 Å². The lowest BCUT2D eigenvalue weighted by Crippen LogP contribution is -2.21. The fraction of sp³-hybridized carbons (Fsp3) is 0.429. The summed E-state index contributed by atoms with van der Waals surface area (Å²) in [6, 6.07) is 6.13. The summed E-state index contributed by atoms with van der Waals surface area (Å²) in [5.74, 6) is 0.886. The Kier molecular flexibility index (Phi) is 5.84. The minimum absolute atomic E-state index is 0.161. The first kappa shape index (κ1) is 15.8. The van der Waals surface area contributed by atoms with E-state index in [9.17, 15) is 0 Å². The quantitative estimate of drug-likeness (QED) is 0.864. The first-order chi connectivity index (χ1) is 9.63. The Balaban J connectivity index is 2.25. The zero-order valence-corrected chi connectivity index (χ0v) is 14.0. The molecule has 0 fully saturated rings.